The largest absolute Gasteiger partial charge is 0.379 e. The maximum absolute atomic E-state index is 12.3. The Labute approximate surface area is 129 Å². The molecular weight excluding hydrogens is 284 g/mol. The van der Waals surface area contributed by atoms with Gasteiger partial charge in [-0.15, -0.1) is 0 Å². The van der Waals surface area contributed by atoms with E-state index in [2.05, 4.69) is 5.32 Å². The summed E-state index contributed by atoms with van der Waals surface area (Å²) in [5.74, 6) is 0.494. The van der Waals surface area contributed by atoms with Crippen molar-refractivity contribution in [2.75, 3.05) is 19.8 Å². The number of aryl methyl sites for hydroxylation is 1. The van der Waals surface area contributed by atoms with E-state index in [4.69, 9.17) is 9.47 Å². The average Bonchev–Trinajstić information content (AvgIpc) is 3.33. The van der Waals surface area contributed by atoms with Gasteiger partial charge in [0.2, 0.25) is 5.56 Å². The molecule has 2 unspecified atom stereocenters. The summed E-state index contributed by atoms with van der Waals surface area (Å²) in [4.78, 5) is 23.7. The first-order valence-electron chi connectivity index (χ1n) is 7.80. The number of rotatable bonds is 5. The topological polar surface area (TPSA) is 69.6 Å². The summed E-state index contributed by atoms with van der Waals surface area (Å²) in [6, 6.07) is 2.80. The second-order valence-corrected chi connectivity index (χ2v) is 6.13. The Balaban J connectivity index is 1.61. The monoisotopic (exact) mass is 306 g/mol. The van der Waals surface area contributed by atoms with Gasteiger partial charge in [-0.2, -0.15) is 0 Å². The molecule has 1 aromatic heterocycles. The number of amides is 1. The molecule has 2 aliphatic rings. The van der Waals surface area contributed by atoms with Gasteiger partial charge in [0.15, 0.2) is 0 Å². The molecule has 6 nitrogen and oxygen atoms in total. The zero-order valence-electron chi connectivity index (χ0n) is 12.8. The highest BCUT2D eigenvalue weighted by Gasteiger charge is 2.30. The molecule has 3 rings (SSSR count). The van der Waals surface area contributed by atoms with Crippen LogP contribution in [0.4, 0.5) is 0 Å². The van der Waals surface area contributed by atoms with Gasteiger partial charge in [-0.05, 0) is 31.2 Å². The first-order chi connectivity index (χ1) is 10.6. The highest BCUT2D eigenvalue weighted by Crippen LogP contribution is 2.30. The second-order valence-electron chi connectivity index (χ2n) is 6.13. The third-order valence-corrected chi connectivity index (χ3v) is 4.20. The molecule has 1 aromatic rings. The van der Waals surface area contributed by atoms with Gasteiger partial charge in [0.05, 0.1) is 24.3 Å². The Kier molecular flexibility index (Phi) is 4.59. The average molecular weight is 306 g/mol. The summed E-state index contributed by atoms with van der Waals surface area (Å²) in [6.07, 6.45) is 4.84. The Hall–Kier alpha value is -1.66. The SMILES string of the molecule is Cn1cc(C(=O)NC2COCCC2OCC2CC2)ccc1=O. The Morgan fingerprint density at radius 1 is 1.41 bits per heavy atom. The maximum atomic E-state index is 12.3. The number of hydrogen-bond acceptors (Lipinski definition) is 4. The molecule has 6 heteroatoms. The van der Waals surface area contributed by atoms with Crippen molar-refractivity contribution in [2.24, 2.45) is 13.0 Å². The molecule has 1 aliphatic heterocycles. The minimum atomic E-state index is -0.203. The predicted octanol–water partition coefficient (Wildman–Crippen LogP) is 0.699. The number of carbonyl (C=O) groups excluding carboxylic acids is 1. The van der Waals surface area contributed by atoms with Gasteiger partial charge in [-0.1, -0.05) is 0 Å². The van der Waals surface area contributed by atoms with Crippen molar-refractivity contribution < 1.29 is 14.3 Å². The van der Waals surface area contributed by atoms with Gasteiger partial charge < -0.3 is 19.4 Å². The molecule has 120 valence electrons. The molecule has 0 spiro atoms. The molecule has 2 heterocycles. The first kappa shape index (κ1) is 15.2. The van der Waals surface area contributed by atoms with Crippen LogP contribution in [0.1, 0.15) is 29.6 Å². The normalized spacial score (nSPS) is 25.0. The van der Waals surface area contributed by atoms with Gasteiger partial charge in [-0.3, -0.25) is 9.59 Å². The molecule has 1 saturated heterocycles. The van der Waals surface area contributed by atoms with E-state index in [0.717, 1.165) is 13.0 Å². The van der Waals surface area contributed by atoms with Gasteiger partial charge in [-0.25, -0.2) is 0 Å². The summed E-state index contributed by atoms with van der Waals surface area (Å²) in [7, 11) is 1.63. The van der Waals surface area contributed by atoms with Crippen molar-refractivity contribution in [1.29, 1.82) is 0 Å². The molecule has 1 aliphatic carbocycles. The molecule has 1 amide bonds. The van der Waals surface area contributed by atoms with Crippen LogP contribution in [0.15, 0.2) is 23.1 Å². The second kappa shape index (κ2) is 6.62. The predicted molar refractivity (Wildman–Crippen MR) is 80.8 cm³/mol. The van der Waals surface area contributed by atoms with E-state index in [9.17, 15) is 9.59 Å². The third-order valence-electron chi connectivity index (χ3n) is 4.20. The fourth-order valence-corrected chi connectivity index (χ4v) is 2.58. The Morgan fingerprint density at radius 3 is 2.95 bits per heavy atom. The molecule has 2 fully saturated rings. The minimum absolute atomic E-state index is 0.00540. The van der Waals surface area contributed by atoms with E-state index in [1.807, 2.05) is 0 Å². The number of nitrogens with zero attached hydrogens (tertiary/aromatic N) is 1. The fourth-order valence-electron chi connectivity index (χ4n) is 2.58. The number of ether oxygens (including phenoxy) is 2. The lowest BCUT2D eigenvalue weighted by atomic mass is 10.1. The third kappa shape index (κ3) is 3.75. The number of carbonyl (C=O) groups is 1. The number of pyridine rings is 1. The lowest BCUT2D eigenvalue weighted by Crippen LogP contribution is -2.50. The van der Waals surface area contributed by atoms with Gasteiger partial charge in [0.25, 0.3) is 5.91 Å². The van der Waals surface area contributed by atoms with Crippen LogP contribution in [0.25, 0.3) is 0 Å². The van der Waals surface area contributed by atoms with E-state index < -0.39 is 0 Å². The quantitative estimate of drug-likeness (QED) is 0.869. The lowest BCUT2D eigenvalue weighted by molar-refractivity contribution is -0.0567. The van der Waals surface area contributed by atoms with E-state index in [1.54, 1.807) is 19.3 Å². The Morgan fingerprint density at radius 2 is 2.23 bits per heavy atom. The highest BCUT2D eigenvalue weighted by molar-refractivity contribution is 5.94. The van der Waals surface area contributed by atoms with Crippen LogP contribution in [0, 0.1) is 5.92 Å². The smallest absolute Gasteiger partial charge is 0.253 e. The lowest BCUT2D eigenvalue weighted by Gasteiger charge is -2.32. The molecule has 0 radical (unpaired) electrons. The summed E-state index contributed by atoms with van der Waals surface area (Å²) in [6.45, 7) is 1.91. The van der Waals surface area contributed by atoms with Crippen LogP contribution >= 0.6 is 0 Å². The van der Waals surface area contributed by atoms with Crippen LogP contribution in [0.2, 0.25) is 0 Å². The number of aromatic nitrogens is 1. The van der Waals surface area contributed by atoms with Gasteiger partial charge in [0, 0.05) is 32.5 Å². The molecule has 0 bridgehead atoms. The standard InChI is InChI=1S/C16H22N2O4/c1-18-8-12(4-5-15(18)19)16(20)17-13-10-21-7-6-14(13)22-9-11-2-3-11/h4-5,8,11,13-14H,2-3,6-7,9-10H2,1H3,(H,17,20). The van der Waals surface area contributed by atoms with Crippen LogP contribution in [0.5, 0.6) is 0 Å². The van der Waals surface area contributed by atoms with E-state index in [-0.39, 0.29) is 23.6 Å². The molecular formula is C16H22N2O4. The number of nitrogens with one attached hydrogen (secondary N) is 1. The fraction of sp³-hybridized carbons (Fsp3) is 0.625. The highest BCUT2D eigenvalue weighted by atomic mass is 16.5. The maximum Gasteiger partial charge on any atom is 0.253 e. The molecule has 0 aromatic carbocycles. The van der Waals surface area contributed by atoms with Gasteiger partial charge in [0.1, 0.15) is 0 Å². The summed E-state index contributed by atoms with van der Waals surface area (Å²) in [5, 5.41) is 2.97. The summed E-state index contributed by atoms with van der Waals surface area (Å²) in [5.41, 5.74) is 0.330. The van der Waals surface area contributed by atoms with Crippen LogP contribution in [-0.2, 0) is 16.5 Å². The van der Waals surface area contributed by atoms with E-state index >= 15 is 0 Å². The molecule has 1 N–H and O–H groups in total. The first-order valence-corrected chi connectivity index (χ1v) is 7.80. The number of hydrogen-bond donors (Lipinski definition) is 1. The van der Waals surface area contributed by atoms with Crippen LogP contribution in [0.3, 0.4) is 0 Å². The zero-order chi connectivity index (χ0) is 15.5. The van der Waals surface area contributed by atoms with Crippen molar-refractivity contribution in [3.8, 4) is 0 Å². The van der Waals surface area contributed by atoms with E-state index in [0.29, 0.717) is 24.7 Å². The van der Waals surface area contributed by atoms with Crippen molar-refractivity contribution >= 4 is 5.91 Å². The molecule has 2 atom stereocenters. The molecule has 22 heavy (non-hydrogen) atoms. The van der Waals surface area contributed by atoms with Crippen molar-refractivity contribution in [3.63, 3.8) is 0 Å². The van der Waals surface area contributed by atoms with Crippen molar-refractivity contribution in [1.82, 2.24) is 9.88 Å². The summed E-state index contributed by atoms with van der Waals surface area (Å²) >= 11 is 0. The van der Waals surface area contributed by atoms with Crippen LogP contribution in [-0.4, -0.2) is 42.4 Å². The zero-order valence-corrected chi connectivity index (χ0v) is 12.8. The minimum Gasteiger partial charge on any atom is -0.379 e. The van der Waals surface area contributed by atoms with Gasteiger partial charge >= 0.3 is 0 Å². The Bertz CT molecular complexity index is 594. The van der Waals surface area contributed by atoms with E-state index in [1.165, 1.54) is 23.5 Å². The van der Waals surface area contributed by atoms with Crippen molar-refractivity contribution in [3.05, 3.63) is 34.2 Å². The van der Waals surface area contributed by atoms with Crippen LogP contribution < -0.4 is 10.9 Å². The van der Waals surface area contributed by atoms with Crippen molar-refractivity contribution in [2.45, 2.75) is 31.4 Å². The summed E-state index contributed by atoms with van der Waals surface area (Å²) < 4.78 is 12.8. The molecule has 1 saturated carbocycles.